The number of amides is 1. The van der Waals surface area contributed by atoms with Gasteiger partial charge in [0.1, 0.15) is 5.88 Å². The predicted octanol–water partition coefficient (Wildman–Crippen LogP) is 2.16. The molecule has 3 heteroatoms. The van der Waals surface area contributed by atoms with Crippen LogP contribution >= 0.6 is 11.6 Å². The van der Waals surface area contributed by atoms with Crippen LogP contribution in [0.3, 0.4) is 0 Å². The molecular formula is C10H16ClNO. The van der Waals surface area contributed by atoms with Gasteiger partial charge in [0.25, 0.3) is 0 Å². The molecule has 2 fully saturated rings. The molecule has 0 N–H and O–H groups in total. The Kier molecular flexibility index (Phi) is 2.77. The van der Waals surface area contributed by atoms with Crippen molar-refractivity contribution in [3.8, 4) is 0 Å². The van der Waals surface area contributed by atoms with E-state index in [-0.39, 0.29) is 11.8 Å². The first kappa shape index (κ1) is 9.32. The molecule has 1 amide bonds. The third-order valence-corrected chi connectivity index (χ3v) is 3.57. The number of rotatable bonds is 1. The molecule has 0 aromatic heterocycles. The third kappa shape index (κ3) is 1.69. The summed E-state index contributed by atoms with van der Waals surface area (Å²) < 4.78 is 0. The molecule has 2 nitrogen and oxygen atoms in total. The first-order valence-corrected chi connectivity index (χ1v) is 5.73. The van der Waals surface area contributed by atoms with Gasteiger partial charge < -0.3 is 4.90 Å². The van der Waals surface area contributed by atoms with Crippen molar-refractivity contribution in [3.63, 3.8) is 0 Å². The van der Waals surface area contributed by atoms with E-state index in [1.807, 2.05) is 0 Å². The van der Waals surface area contributed by atoms with Crippen molar-refractivity contribution in [2.45, 2.75) is 50.6 Å². The lowest BCUT2D eigenvalue weighted by Gasteiger charge is -2.46. The number of hydrogen-bond acceptors (Lipinski definition) is 1. The average molecular weight is 202 g/mol. The molecule has 0 radical (unpaired) electrons. The van der Waals surface area contributed by atoms with Crippen LogP contribution in [0.1, 0.15) is 38.5 Å². The van der Waals surface area contributed by atoms with Crippen molar-refractivity contribution in [1.29, 1.82) is 0 Å². The molecular weight excluding hydrogens is 186 g/mol. The van der Waals surface area contributed by atoms with Gasteiger partial charge in [0.15, 0.2) is 0 Å². The largest absolute Gasteiger partial charge is 0.336 e. The van der Waals surface area contributed by atoms with Crippen molar-refractivity contribution < 1.29 is 4.79 Å². The van der Waals surface area contributed by atoms with E-state index in [0.29, 0.717) is 12.1 Å². The molecule has 74 valence electrons. The Bertz CT molecular complexity index is 185. The van der Waals surface area contributed by atoms with Gasteiger partial charge in [-0.15, -0.1) is 11.6 Å². The van der Waals surface area contributed by atoms with Crippen molar-refractivity contribution >= 4 is 17.5 Å². The summed E-state index contributed by atoms with van der Waals surface area (Å²) >= 11 is 5.61. The fourth-order valence-electron chi connectivity index (χ4n) is 2.80. The van der Waals surface area contributed by atoms with E-state index in [2.05, 4.69) is 4.90 Å². The van der Waals surface area contributed by atoms with Gasteiger partial charge in [-0.1, -0.05) is 0 Å². The molecule has 0 aromatic carbocycles. The summed E-state index contributed by atoms with van der Waals surface area (Å²) in [5.74, 6) is 0.309. The van der Waals surface area contributed by atoms with Crippen LogP contribution in [-0.2, 0) is 4.79 Å². The number of halogens is 1. The number of fused-ring (bicyclic) bond motifs is 2. The molecule has 2 aliphatic rings. The van der Waals surface area contributed by atoms with Crippen LogP contribution in [-0.4, -0.2) is 28.8 Å². The van der Waals surface area contributed by atoms with E-state index in [1.165, 1.54) is 38.5 Å². The lowest BCUT2D eigenvalue weighted by atomic mass is 9.84. The molecule has 2 heterocycles. The van der Waals surface area contributed by atoms with Crippen LogP contribution in [0.25, 0.3) is 0 Å². The highest BCUT2D eigenvalue weighted by molar-refractivity contribution is 6.27. The van der Waals surface area contributed by atoms with Crippen LogP contribution in [0.2, 0.25) is 0 Å². The number of nitrogens with zero attached hydrogens (tertiary/aromatic N) is 1. The van der Waals surface area contributed by atoms with E-state index < -0.39 is 0 Å². The van der Waals surface area contributed by atoms with Gasteiger partial charge in [-0.3, -0.25) is 4.79 Å². The van der Waals surface area contributed by atoms with E-state index in [9.17, 15) is 4.79 Å². The van der Waals surface area contributed by atoms with Crippen LogP contribution in [0.4, 0.5) is 0 Å². The SMILES string of the molecule is O=C(CCl)N1C2CCCC1CCC2. The summed E-state index contributed by atoms with van der Waals surface area (Å²) in [5.41, 5.74) is 0. The topological polar surface area (TPSA) is 20.3 Å². The Morgan fingerprint density at radius 2 is 1.62 bits per heavy atom. The van der Waals surface area contributed by atoms with Crippen LogP contribution < -0.4 is 0 Å². The smallest absolute Gasteiger partial charge is 0.237 e. The van der Waals surface area contributed by atoms with Gasteiger partial charge in [-0.05, 0) is 38.5 Å². The quantitative estimate of drug-likeness (QED) is 0.596. The molecule has 13 heavy (non-hydrogen) atoms. The van der Waals surface area contributed by atoms with Gasteiger partial charge in [0, 0.05) is 12.1 Å². The Hall–Kier alpha value is -0.240. The molecule has 2 bridgehead atoms. The maximum atomic E-state index is 11.6. The predicted molar refractivity (Wildman–Crippen MR) is 52.8 cm³/mol. The average Bonchev–Trinajstić information content (AvgIpc) is 2.15. The van der Waals surface area contributed by atoms with Gasteiger partial charge in [0.2, 0.25) is 5.91 Å². The van der Waals surface area contributed by atoms with Crippen molar-refractivity contribution in [3.05, 3.63) is 0 Å². The second-order valence-corrected chi connectivity index (χ2v) is 4.37. The zero-order valence-corrected chi connectivity index (χ0v) is 8.59. The normalized spacial score (nSPS) is 33.2. The highest BCUT2D eigenvalue weighted by atomic mass is 35.5. The first-order valence-electron chi connectivity index (χ1n) is 5.20. The second-order valence-electron chi connectivity index (χ2n) is 4.10. The minimum atomic E-state index is 0.149. The Labute approximate surface area is 84.2 Å². The zero-order chi connectivity index (χ0) is 9.26. The molecule has 0 aromatic rings. The summed E-state index contributed by atoms with van der Waals surface area (Å²) in [4.78, 5) is 13.6. The van der Waals surface area contributed by atoms with Gasteiger partial charge in [0.05, 0.1) is 0 Å². The van der Waals surface area contributed by atoms with Gasteiger partial charge in [-0.2, -0.15) is 0 Å². The lowest BCUT2D eigenvalue weighted by molar-refractivity contribution is -0.137. The van der Waals surface area contributed by atoms with E-state index in [4.69, 9.17) is 11.6 Å². The number of carbonyl (C=O) groups is 1. The number of alkyl halides is 1. The Morgan fingerprint density at radius 3 is 2.00 bits per heavy atom. The Balaban J connectivity index is 2.10. The van der Waals surface area contributed by atoms with Crippen molar-refractivity contribution in [2.75, 3.05) is 5.88 Å². The molecule has 0 aliphatic carbocycles. The van der Waals surface area contributed by atoms with Gasteiger partial charge in [-0.25, -0.2) is 0 Å². The highest BCUT2D eigenvalue weighted by Gasteiger charge is 2.36. The monoisotopic (exact) mass is 201 g/mol. The fraction of sp³-hybridized carbons (Fsp3) is 0.900. The minimum Gasteiger partial charge on any atom is -0.336 e. The molecule has 2 saturated heterocycles. The molecule has 0 saturated carbocycles. The Morgan fingerprint density at radius 1 is 1.15 bits per heavy atom. The van der Waals surface area contributed by atoms with E-state index in [0.717, 1.165) is 0 Å². The summed E-state index contributed by atoms with van der Waals surface area (Å²) in [6.45, 7) is 0. The van der Waals surface area contributed by atoms with Crippen LogP contribution in [0.15, 0.2) is 0 Å². The molecule has 0 atom stereocenters. The van der Waals surface area contributed by atoms with Crippen LogP contribution in [0.5, 0.6) is 0 Å². The molecule has 0 spiro atoms. The summed E-state index contributed by atoms with van der Waals surface area (Å²) in [6.07, 6.45) is 7.36. The number of carbonyl (C=O) groups excluding carboxylic acids is 1. The first-order chi connectivity index (χ1) is 6.33. The fourth-order valence-corrected chi connectivity index (χ4v) is 2.94. The molecule has 0 unspecified atom stereocenters. The summed E-state index contributed by atoms with van der Waals surface area (Å²) in [7, 11) is 0. The minimum absolute atomic E-state index is 0.149. The summed E-state index contributed by atoms with van der Waals surface area (Å²) in [6, 6.07) is 1.03. The maximum Gasteiger partial charge on any atom is 0.237 e. The molecule has 2 rings (SSSR count). The highest BCUT2D eigenvalue weighted by Crippen LogP contribution is 2.33. The van der Waals surface area contributed by atoms with Crippen LogP contribution in [0, 0.1) is 0 Å². The van der Waals surface area contributed by atoms with Gasteiger partial charge >= 0.3 is 0 Å². The number of piperidine rings is 2. The van der Waals surface area contributed by atoms with Crippen molar-refractivity contribution in [1.82, 2.24) is 4.90 Å². The molecule has 2 aliphatic heterocycles. The van der Waals surface area contributed by atoms with E-state index in [1.54, 1.807) is 0 Å². The zero-order valence-electron chi connectivity index (χ0n) is 7.84. The number of hydrogen-bond donors (Lipinski definition) is 0. The standard InChI is InChI=1S/C10H16ClNO/c11-7-10(13)12-8-3-1-4-9(12)6-2-5-8/h8-9H,1-7H2. The third-order valence-electron chi connectivity index (χ3n) is 3.34. The maximum absolute atomic E-state index is 11.6. The summed E-state index contributed by atoms with van der Waals surface area (Å²) in [5, 5.41) is 0. The lowest BCUT2D eigenvalue weighted by Crippen LogP contribution is -2.53. The second kappa shape index (κ2) is 3.87. The van der Waals surface area contributed by atoms with E-state index >= 15 is 0 Å². The van der Waals surface area contributed by atoms with Crippen molar-refractivity contribution in [2.24, 2.45) is 0 Å².